The molecule has 0 aromatic heterocycles. The van der Waals surface area contributed by atoms with Gasteiger partial charge in [0.15, 0.2) is 5.96 Å². The number of para-hydroxylation sites is 1. The molecular weight excluding hydrogens is 467 g/mol. The number of nitrogens with one attached hydrogen (secondary N) is 2. The molecule has 1 amide bonds. The molecule has 2 heterocycles. The Bertz CT molecular complexity index is 724. The van der Waals surface area contributed by atoms with Crippen LogP contribution in [0.5, 0.6) is 0 Å². The molecule has 1 aromatic rings. The average Bonchev–Trinajstić information content (AvgIpc) is 3.26. The fraction of sp³-hybridized carbons (Fsp3) is 0.619. The van der Waals surface area contributed by atoms with E-state index >= 15 is 0 Å². The average molecular weight is 498 g/mol. The molecule has 2 N–H and O–H groups in total. The second kappa shape index (κ2) is 8.57. The van der Waals surface area contributed by atoms with E-state index in [0.717, 1.165) is 24.7 Å². The smallest absolute Gasteiger partial charge is 0.229 e. The van der Waals surface area contributed by atoms with Crippen molar-refractivity contribution in [3.8, 4) is 0 Å². The summed E-state index contributed by atoms with van der Waals surface area (Å²) in [4.78, 5) is 19.0. The fourth-order valence-electron chi connectivity index (χ4n) is 4.91. The minimum atomic E-state index is 0. The van der Waals surface area contributed by atoms with E-state index in [9.17, 15) is 4.79 Å². The normalized spacial score (nSPS) is 31.0. The molecule has 4 rings (SSSR count). The molecule has 2 saturated heterocycles. The number of amides is 1. The van der Waals surface area contributed by atoms with Gasteiger partial charge in [0.2, 0.25) is 5.91 Å². The van der Waals surface area contributed by atoms with Crippen molar-refractivity contribution in [3.05, 3.63) is 30.3 Å². The van der Waals surface area contributed by atoms with E-state index in [1.165, 1.54) is 0 Å². The largest absolute Gasteiger partial charge is 0.377 e. The zero-order valence-electron chi connectivity index (χ0n) is 16.9. The minimum Gasteiger partial charge on any atom is -0.377 e. The highest BCUT2D eigenvalue weighted by Gasteiger charge is 2.59. The lowest BCUT2D eigenvalue weighted by atomic mass is 9.57. The van der Waals surface area contributed by atoms with E-state index in [4.69, 9.17) is 4.74 Å². The first-order valence-electron chi connectivity index (χ1n) is 10.0. The van der Waals surface area contributed by atoms with Gasteiger partial charge in [-0.3, -0.25) is 9.79 Å². The highest BCUT2D eigenvalue weighted by atomic mass is 127. The molecule has 1 aliphatic carbocycles. The quantitative estimate of drug-likeness (QED) is 0.381. The lowest BCUT2D eigenvalue weighted by Crippen LogP contribution is -2.68. The molecule has 3 fully saturated rings. The van der Waals surface area contributed by atoms with Gasteiger partial charge < -0.3 is 20.3 Å². The lowest BCUT2D eigenvalue weighted by Gasteiger charge is -2.55. The van der Waals surface area contributed by atoms with Gasteiger partial charge in [-0.05, 0) is 25.5 Å². The predicted octanol–water partition coefficient (Wildman–Crippen LogP) is 2.78. The third-order valence-corrected chi connectivity index (χ3v) is 6.24. The summed E-state index contributed by atoms with van der Waals surface area (Å²) in [7, 11) is 0. The van der Waals surface area contributed by atoms with Crippen LogP contribution in [0, 0.1) is 11.3 Å². The molecule has 7 heteroatoms. The van der Waals surface area contributed by atoms with E-state index in [1.807, 2.05) is 42.2 Å². The van der Waals surface area contributed by atoms with Crippen LogP contribution < -0.4 is 15.5 Å². The molecule has 3 aliphatic rings. The van der Waals surface area contributed by atoms with Crippen molar-refractivity contribution in [3.63, 3.8) is 0 Å². The van der Waals surface area contributed by atoms with Crippen LogP contribution in [0.4, 0.5) is 5.69 Å². The minimum absolute atomic E-state index is 0. The number of guanidine groups is 1. The number of anilines is 1. The molecule has 0 bridgehead atoms. The SMILES string of the molecule is CCN=C(NC1CC(=O)N(c2ccccc2)C1)NC1C2CCOC2C1(C)C.I. The standard InChI is InChI=1S/C21H30N4O2.HI/c1-4-22-20(24-18-16-10-11-27-19(16)21(18,2)3)23-14-12-17(26)25(13-14)15-8-6-5-7-9-15;/h5-9,14,16,18-19H,4,10-13H2,1-3H3,(H2,22,23,24);1H. The Kier molecular flexibility index (Phi) is 6.54. The van der Waals surface area contributed by atoms with Gasteiger partial charge in [-0.25, -0.2) is 0 Å². The second-order valence-corrected chi connectivity index (χ2v) is 8.40. The summed E-state index contributed by atoms with van der Waals surface area (Å²) in [5, 5.41) is 7.14. The summed E-state index contributed by atoms with van der Waals surface area (Å²) in [6.45, 7) is 8.78. The van der Waals surface area contributed by atoms with Gasteiger partial charge >= 0.3 is 0 Å². The van der Waals surface area contributed by atoms with Crippen LogP contribution in [0.2, 0.25) is 0 Å². The lowest BCUT2D eigenvalue weighted by molar-refractivity contribution is -0.117. The van der Waals surface area contributed by atoms with Crippen LogP contribution in [-0.2, 0) is 9.53 Å². The van der Waals surface area contributed by atoms with Crippen molar-refractivity contribution in [1.29, 1.82) is 0 Å². The maximum absolute atomic E-state index is 12.5. The van der Waals surface area contributed by atoms with E-state index < -0.39 is 0 Å². The maximum atomic E-state index is 12.5. The molecule has 0 radical (unpaired) electrons. The van der Waals surface area contributed by atoms with Crippen molar-refractivity contribution in [1.82, 2.24) is 10.6 Å². The van der Waals surface area contributed by atoms with Crippen molar-refractivity contribution in [2.24, 2.45) is 16.3 Å². The third kappa shape index (κ3) is 3.87. The van der Waals surface area contributed by atoms with E-state index in [1.54, 1.807) is 0 Å². The van der Waals surface area contributed by atoms with Gasteiger partial charge in [-0.15, -0.1) is 24.0 Å². The maximum Gasteiger partial charge on any atom is 0.229 e. The Labute approximate surface area is 184 Å². The number of hydrogen-bond acceptors (Lipinski definition) is 3. The molecule has 4 unspecified atom stereocenters. The Hall–Kier alpha value is -1.35. The van der Waals surface area contributed by atoms with Crippen LogP contribution in [0.15, 0.2) is 35.3 Å². The topological polar surface area (TPSA) is 66.0 Å². The first-order valence-corrected chi connectivity index (χ1v) is 10.0. The Balaban J connectivity index is 0.00000225. The van der Waals surface area contributed by atoms with Crippen LogP contribution in [-0.4, -0.2) is 49.8 Å². The van der Waals surface area contributed by atoms with Crippen molar-refractivity contribution in [2.75, 3.05) is 24.6 Å². The zero-order valence-corrected chi connectivity index (χ0v) is 19.2. The van der Waals surface area contributed by atoms with E-state index in [-0.39, 0.29) is 41.3 Å². The Morgan fingerprint density at radius 1 is 1.29 bits per heavy atom. The predicted molar refractivity (Wildman–Crippen MR) is 122 cm³/mol. The molecule has 1 saturated carbocycles. The van der Waals surface area contributed by atoms with Gasteiger partial charge in [-0.1, -0.05) is 32.0 Å². The summed E-state index contributed by atoms with van der Waals surface area (Å²) >= 11 is 0. The molecule has 1 aromatic carbocycles. The number of fused-ring (bicyclic) bond motifs is 1. The van der Waals surface area contributed by atoms with Gasteiger partial charge in [0.25, 0.3) is 0 Å². The van der Waals surface area contributed by atoms with E-state index in [2.05, 4.69) is 29.5 Å². The second-order valence-electron chi connectivity index (χ2n) is 8.40. The van der Waals surface area contributed by atoms with Crippen LogP contribution >= 0.6 is 24.0 Å². The number of nitrogens with zero attached hydrogens (tertiary/aromatic N) is 2. The van der Waals surface area contributed by atoms with Gasteiger partial charge in [-0.2, -0.15) is 0 Å². The Morgan fingerprint density at radius 3 is 2.75 bits per heavy atom. The monoisotopic (exact) mass is 498 g/mol. The van der Waals surface area contributed by atoms with Gasteiger partial charge in [0.1, 0.15) is 0 Å². The van der Waals surface area contributed by atoms with Crippen LogP contribution in [0.3, 0.4) is 0 Å². The highest BCUT2D eigenvalue weighted by molar-refractivity contribution is 14.0. The number of benzene rings is 1. The number of carbonyl (C=O) groups is 1. The summed E-state index contributed by atoms with van der Waals surface area (Å²) in [5.74, 6) is 1.52. The third-order valence-electron chi connectivity index (χ3n) is 6.24. The molecule has 28 heavy (non-hydrogen) atoms. The van der Waals surface area contributed by atoms with E-state index in [0.29, 0.717) is 37.6 Å². The molecule has 0 spiro atoms. The van der Waals surface area contributed by atoms with Crippen molar-refractivity contribution >= 4 is 41.5 Å². The number of ether oxygens (including phenoxy) is 1. The summed E-state index contributed by atoms with van der Waals surface area (Å²) in [5.41, 5.74) is 1.05. The number of aliphatic imine (C=N–C) groups is 1. The number of halogens is 1. The van der Waals surface area contributed by atoms with Crippen molar-refractivity contribution in [2.45, 2.75) is 51.8 Å². The summed E-state index contributed by atoms with van der Waals surface area (Å²) in [6, 6.07) is 10.3. The molecule has 4 atom stereocenters. The Morgan fingerprint density at radius 2 is 2.04 bits per heavy atom. The van der Waals surface area contributed by atoms with Crippen molar-refractivity contribution < 1.29 is 9.53 Å². The van der Waals surface area contributed by atoms with Crippen LogP contribution in [0.25, 0.3) is 0 Å². The molecule has 154 valence electrons. The zero-order chi connectivity index (χ0) is 19.0. The number of hydrogen-bond donors (Lipinski definition) is 2. The summed E-state index contributed by atoms with van der Waals surface area (Å²) < 4.78 is 5.90. The first kappa shape index (κ1) is 21.4. The van der Waals surface area contributed by atoms with Gasteiger partial charge in [0, 0.05) is 49.2 Å². The molecule has 6 nitrogen and oxygen atoms in total. The van der Waals surface area contributed by atoms with Crippen LogP contribution in [0.1, 0.15) is 33.6 Å². The number of rotatable bonds is 4. The highest BCUT2D eigenvalue weighted by Crippen LogP contribution is 2.52. The molecular formula is C21H31IN4O2. The number of carbonyl (C=O) groups excluding carboxylic acids is 1. The summed E-state index contributed by atoms with van der Waals surface area (Å²) in [6.07, 6.45) is 1.94. The fourth-order valence-corrected chi connectivity index (χ4v) is 4.91. The van der Waals surface area contributed by atoms with Gasteiger partial charge in [0.05, 0.1) is 12.1 Å². The molecule has 2 aliphatic heterocycles. The first-order chi connectivity index (χ1) is 13.0.